The van der Waals surface area contributed by atoms with Crippen LogP contribution in [0, 0.1) is 0 Å². The van der Waals surface area contributed by atoms with Gasteiger partial charge in [0, 0.05) is 0 Å². The number of benzene rings is 1. The third-order valence-corrected chi connectivity index (χ3v) is 1.72. The fourth-order valence-corrected chi connectivity index (χ4v) is 0.955. The van der Waals surface area contributed by atoms with Gasteiger partial charge in [-0.05, 0) is 11.0 Å². The van der Waals surface area contributed by atoms with Crippen LogP contribution in [0.2, 0.25) is 0 Å². The van der Waals surface area contributed by atoms with Gasteiger partial charge in [-0.3, -0.25) is 0 Å². The number of rotatable bonds is 0. The van der Waals surface area contributed by atoms with E-state index >= 15 is 0 Å². The fourth-order valence-electron chi connectivity index (χ4n) is 0.955. The molecule has 0 spiro atoms. The maximum Gasteiger partial charge on any atom is 1.00 e. The van der Waals surface area contributed by atoms with Gasteiger partial charge in [0.25, 0.3) is 0 Å². The van der Waals surface area contributed by atoms with Gasteiger partial charge in [-0.2, -0.15) is 0 Å². The van der Waals surface area contributed by atoms with E-state index in [1.807, 2.05) is 12.1 Å². The Morgan fingerprint density at radius 1 is 1.06 bits per heavy atom. The predicted octanol–water partition coefficient (Wildman–Crippen LogP) is -1.87. The Morgan fingerprint density at radius 3 is 1.59 bits per heavy atom. The maximum atomic E-state index is 10.7. The van der Waals surface area contributed by atoms with E-state index in [4.69, 9.17) is 19.2 Å². The van der Waals surface area contributed by atoms with Gasteiger partial charge in [-0.25, -0.2) is 4.57 Å². The summed E-state index contributed by atoms with van der Waals surface area (Å²) in [6.45, 7) is 6.40. The van der Waals surface area contributed by atoms with E-state index in [1.54, 1.807) is 12.1 Å². The van der Waals surface area contributed by atoms with Gasteiger partial charge in [0.1, 0.15) is 0 Å². The molecule has 0 aliphatic carbocycles. The van der Waals surface area contributed by atoms with Gasteiger partial charge in [0.15, 0.2) is 0 Å². The van der Waals surface area contributed by atoms with Crippen molar-refractivity contribution in [2.45, 2.75) is 26.2 Å². The summed E-state index contributed by atoms with van der Waals surface area (Å²) < 4.78 is 8.88. The molecule has 1 rings (SSSR count). The van der Waals surface area contributed by atoms with Gasteiger partial charge in [0.05, 0.1) is 0 Å². The maximum absolute atomic E-state index is 10.7. The molecule has 0 heterocycles. The molecule has 0 aromatic heterocycles. The molecule has 0 atom stereocenters. The van der Waals surface area contributed by atoms with E-state index in [2.05, 4.69) is 20.8 Å². The molecule has 92 valence electrons. The largest absolute Gasteiger partial charge is 1.00 e. The topological polar surface area (TPSA) is 101 Å². The average Bonchev–Trinajstić information content (AvgIpc) is 1.99. The Hall–Kier alpha value is 0.130. The summed E-state index contributed by atoms with van der Waals surface area (Å²) in [5.41, 5.74) is 1.35. The molecule has 5 nitrogen and oxygen atoms in total. The summed E-state index contributed by atoms with van der Waals surface area (Å²) >= 11 is 0. The predicted molar refractivity (Wildman–Crippen MR) is 58.9 cm³/mol. The minimum Gasteiger partial charge on any atom is -0.872 e. The monoisotopic (exact) mass is 270 g/mol. The number of hydrogen-bond donors (Lipinski definition) is 3. The molecule has 0 saturated carbocycles. The number of hydrogen-bond acceptors (Lipinski definition) is 2. The molecule has 0 aliphatic rings. The first-order chi connectivity index (χ1) is 7.00. The normalized spacial score (nSPS) is 10.9. The second kappa shape index (κ2) is 7.54. The first-order valence-electron chi connectivity index (χ1n) is 4.56. The zero-order valence-electron chi connectivity index (χ0n) is 10.4. The Bertz CT molecular complexity index is 357. The second-order valence-corrected chi connectivity index (χ2v) is 5.31. The van der Waals surface area contributed by atoms with Gasteiger partial charge in [-0.1, -0.05) is 45.0 Å². The van der Waals surface area contributed by atoms with Crippen LogP contribution in [0.1, 0.15) is 26.3 Å². The minimum absolute atomic E-state index is 0. The molecule has 1 aromatic rings. The van der Waals surface area contributed by atoms with Crippen molar-refractivity contribution in [2.75, 3.05) is 0 Å². The van der Waals surface area contributed by atoms with Crippen molar-refractivity contribution in [3.63, 3.8) is 0 Å². The molecular formula is C10H16NaO5P. The third-order valence-electron chi connectivity index (χ3n) is 1.72. The molecule has 1 aromatic carbocycles. The van der Waals surface area contributed by atoms with Crippen molar-refractivity contribution in [2.24, 2.45) is 0 Å². The zero-order valence-corrected chi connectivity index (χ0v) is 13.3. The van der Waals surface area contributed by atoms with Crippen molar-refractivity contribution in [1.29, 1.82) is 0 Å². The van der Waals surface area contributed by atoms with Gasteiger partial charge in [-0.15, -0.1) is 5.75 Å². The first kappa shape index (κ1) is 19.5. The van der Waals surface area contributed by atoms with Gasteiger partial charge >= 0.3 is 37.4 Å². The Labute approximate surface area is 123 Å². The summed E-state index contributed by atoms with van der Waals surface area (Å²) in [7, 11) is -4.64. The Balaban J connectivity index is 0. The van der Waals surface area contributed by atoms with Crippen LogP contribution in [0.15, 0.2) is 24.3 Å². The van der Waals surface area contributed by atoms with Crippen LogP contribution in [0.25, 0.3) is 0 Å². The van der Waals surface area contributed by atoms with Gasteiger partial charge < -0.3 is 19.8 Å². The van der Waals surface area contributed by atoms with E-state index in [1.165, 1.54) is 5.56 Å². The summed E-state index contributed by atoms with van der Waals surface area (Å²) in [6, 6.07) is 7.01. The van der Waals surface area contributed by atoms with Crippen LogP contribution < -0.4 is 34.7 Å². The molecule has 0 aliphatic heterocycles. The molecule has 3 N–H and O–H groups in total. The van der Waals surface area contributed by atoms with Crippen LogP contribution in [0.3, 0.4) is 0 Å². The van der Waals surface area contributed by atoms with Crippen molar-refractivity contribution >= 4 is 7.82 Å². The van der Waals surface area contributed by atoms with Crippen molar-refractivity contribution in [3.05, 3.63) is 29.8 Å². The molecule has 0 unspecified atom stereocenters. The zero-order chi connectivity index (χ0) is 13.0. The summed E-state index contributed by atoms with van der Waals surface area (Å²) in [6.07, 6.45) is 0. The summed E-state index contributed by atoms with van der Waals surface area (Å²) in [5.74, 6) is 0.0815. The quantitative estimate of drug-likeness (QED) is 0.379. The smallest absolute Gasteiger partial charge is 0.872 e. The van der Waals surface area contributed by atoms with E-state index in [0.29, 0.717) is 0 Å². The Kier molecular flexibility index (Phi) is 8.63. The van der Waals surface area contributed by atoms with Crippen molar-refractivity contribution < 1.29 is 53.9 Å². The first-order valence-corrected chi connectivity index (χ1v) is 6.12. The standard InChI is InChI=1S/C10H14O.Na.H3O4P/c1-10(2,3)8-4-6-9(11)7-5-8;;1-5(2,3)4/h4-7,11H,1-3H3;;(H3,1,2,3,4)/q;+1;/p-1. The minimum atomic E-state index is -4.64. The van der Waals surface area contributed by atoms with E-state index in [9.17, 15) is 5.11 Å². The molecule has 0 radical (unpaired) electrons. The van der Waals surface area contributed by atoms with Gasteiger partial charge in [0.2, 0.25) is 0 Å². The molecule has 17 heavy (non-hydrogen) atoms. The van der Waals surface area contributed by atoms with Crippen molar-refractivity contribution in [1.82, 2.24) is 0 Å². The van der Waals surface area contributed by atoms with Crippen LogP contribution in [0.5, 0.6) is 5.75 Å². The molecule has 7 heteroatoms. The summed E-state index contributed by atoms with van der Waals surface area (Å²) in [4.78, 5) is 21.6. The van der Waals surface area contributed by atoms with Crippen molar-refractivity contribution in [3.8, 4) is 5.75 Å². The van der Waals surface area contributed by atoms with Crippen LogP contribution in [-0.2, 0) is 9.98 Å². The molecular weight excluding hydrogens is 254 g/mol. The third kappa shape index (κ3) is 12.4. The number of phosphoric acid groups is 1. The molecule has 0 saturated heterocycles. The molecule has 0 bridgehead atoms. The second-order valence-electron chi connectivity index (χ2n) is 4.29. The Morgan fingerprint density at radius 2 is 1.35 bits per heavy atom. The van der Waals surface area contributed by atoms with E-state index < -0.39 is 7.82 Å². The van der Waals surface area contributed by atoms with Crippen LogP contribution in [-0.4, -0.2) is 14.7 Å². The van der Waals surface area contributed by atoms with E-state index in [0.717, 1.165) is 0 Å². The summed E-state index contributed by atoms with van der Waals surface area (Å²) in [5, 5.41) is 10.7. The average molecular weight is 270 g/mol. The van der Waals surface area contributed by atoms with Crippen LogP contribution in [0.4, 0.5) is 0 Å². The molecule has 0 fully saturated rings. The van der Waals surface area contributed by atoms with E-state index in [-0.39, 0.29) is 40.7 Å². The SMILES string of the molecule is CC(C)(C)c1ccc([O-])cc1.O=P(O)(O)O.[Na+]. The van der Waals surface area contributed by atoms with Crippen LogP contribution >= 0.6 is 7.82 Å². The molecule has 0 amide bonds. The fraction of sp³-hybridized carbons (Fsp3) is 0.400.